The fourth-order valence-corrected chi connectivity index (χ4v) is 6.33. The number of hydrogen-bond acceptors (Lipinski definition) is 5. The molecule has 2 aromatic rings. The number of rotatable bonds is 4. The average Bonchev–Trinajstić information content (AvgIpc) is 2.79. The minimum absolute atomic E-state index is 0.127. The summed E-state index contributed by atoms with van der Waals surface area (Å²) in [4.78, 5) is 21.6. The van der Waals surface area contributed by atoms with E-state index in [2.05, 4.69) is 23.7 Å². The number of benzene rings is 1. The van der Waals surface area contributed by atoms with Crippen LogP contribution in [0.5, 0.6) is 0 Å². The topological polar surface area (TPSA) is 73.8 Å². The van der Waals surface area contributed by atoms with Gasteiger partial charge in [0.25, 0.3) is 5.91 Å². The van der Waals surface area contributed by atoms with Gasteiger partial charge in [0.1, 0.15) is 5.82 Å². The van der Waals surface area contributed by atoms with Crippen LogP contribution in [0.15, 0.2) is 53.6 Å². The molecule has 7 nitrogen and oxygen atoms in total. The first-order valence-electron chi connectivity index (χ1n) is 10.9. The monoisotopic (exact) mass is 442 g/mol. The highest BCUT2D eigenvalue weighted by molar-refractivity contribution is 7.89. The van der Waals surface area contributed by atoms with Gasteiger partial charge in [0.15, 0.2) is 0 Å². The minimum Gasteiger partial charge on any atom is -0.353 e. The molecule has 8 heteroatoms. The van der Waals surface area contributed by atoms with E-state index in [1.165, 1.54) is 6.07 Å². The number of piperazine rings is 1. The molecule has 0 bridgehead atoms. The van der Waals surface area contributed by atoms with Crippen molar-refractivity contribution >= 4 is 21.7 Å². The summed E-state index contributed by atoms with van der Waals surface area (Å²) in [7, 11) is -3.61. The van der Waals surface area contributed by atoms with E-state index in [1.54, 1.807) is 33.6 Å². The second-order valence-corrected chi connectivity index (χ2v) is 10.7. The van der Waals surface area contributed by atoms with Crippen molar-refractivity contribution < 1.29 is 13.2 Å². The van der Waals surface area contributed by atoms with Crippen molar-refractivity contribution in [1.82, 2.24) is 14.2 Å². The Bertz CT molecular complexity index is 1010. The SMILES string of the molecule is CC1CC(C)CN(S(=O)(=O)c2cccc(C(=O)N3CCN(c4ccccn4)CC3)c2)C1. The van der Waals surface area contributed by atoms with Gasteiger partial charge in [-0.05, 0) is 48.6 Å². The Kier molecular flexibility index (Phi) is 6.29. The first-order chi connectivity index (χ1) is 14.8. The summed E-state index contributed by atoms with van der Waals surface area (Å²) in [5, 5.41) is 0. The summed E-state index contributed by atoms with van der Waals surface area (Å²) in [6.45, 7) is 7.78. The van der Waals surface area contributed by atoms with E-state index >= 15 is 0 Å². The maximum atomic E-state index is 13.2. The summed E-state index contributed by atoms with van der Waals surface area (Å²) in [5.74, 6) is 1.45. The van der Waals surface area contributed by atoms with Crippen molar-refractivity contribution in [3.63, 3.8) is 0 Å². The highest BCUT2D eigenvalue weighted by Gasteiger charge is 2.32. The highest BCUT2D eigenvalue weighted by atomic mass is 32.2. The molecular formula is C23H30N4O3S. The van der Waals surface area contributed by atoms with Crippen molar-refractivity contribution in [3.05, 3.63) is 54.2 Å². The number of sulfonamides is 1. The van der Waals surface area contributed by atoms with Gasteiger partial charge in [0, 0.05) is 51.0 Å². The number of amides is 1. The molecule has 2 aliphatic heterocycles. The minimum atomic E-state index is -3.61. The van der Waals surface area contributed by atoms with Gasteiger partial charge in [-0.3, -0.25) is 4.79 Å². The third kappa shape index (κ3) is 4.75. The molecule has 0 N–H and O–H groups in total. The molecule has 0 spiro atoms. The Morgan fingerprint density at radius 2 is 1.68 bits per heavy atom. The van der Waals surface area contributed by atoms with E-state index in [0.29, 0.717) is 56.7 Å². The van der Waals surface area contributed by atoms with Crippen molar-refractivity contribution in [3.8, 4) is 0 Å². The van der Waals surface area contributed by atoms with Gasteiger partial charge in [-0.15, -0.1) is 0 Å². The van der Waals surface area contributed by atoms with Crippen LogP contribution in [0, 0.1) is 11.8 Å². The molecular weight excluding hydrogens is 412 g/mol. The fourth-order valence-electron chi connectivity index (χ4n) is 4.60. The Balaban J connectivity index is 1.46. The van der Waals surface area contributed by atoms with Crippen LogP contribution in [0.2, 0.25) is 0 Å². The summed E-state index contributed by atoms with van der Waals surface area (Å²) in [5.41, 5.74) is 0.422. The molecule has 1 amide bonds. The van der Waals surface area contributed by atoms with E-state index in [-0.39, 0.29) is 10.8 Å². The quantitative estimate of drug-likeness (QED) is 0.728. The van der Waals surface area contributed by atoms with Gasteiger partial charge >= 0.3 is 0 Å². The van der Waals surface area contributed by atoms with Crippen molar-refractivity contribution in [2.75, 3.05) is 44.2 Å². The van der Waals surface area contributed by atoms with Gasteiger partial charge in [-0.2, -0.15) is 4.31 Å². The average molecular weight is 443 g/mol. The van der Waals surface area contributed by atoms with Crippen LogP contribution in [-0.2, 0) is 10.0 Å². The Morgan fingerprint density at radius 3 is 2.32 bits per heavy atom. The summed E-state index contributed by atoms with van der Waals surface area (Å²) in [6, 6.07) is 12.3. The lowest BCUT2D eigenvalue weighted by atomic mass is 9.94. The first kappa shape index (κ1) is 21.8. The highest BCUT2D eigenvalue weighted by Crippen LogP contribution is 2.27. The van der Waals surface area contributed by atoms with Gasteiger partial charge < -0.3 is 9.80 Å². The second-order valence-electron chi connectivity index (χ2n) is 8.76. The molecule has 2 fully saturated rings. The predicted molar refractivity (Wildman–Crippen MR) is 120 cm³/mol. The third-order valence-electron chi connectivity index (χ3n) is 6.09. The van der Waals surface area contributed by atoms with Crippen LogP contribution >= 0.6 is 0 Å². The Hall–Kier alpha value is -2.45. The molecule has 0 aliphatic carbocycles. The van der Waals surface area contributed by atoms with Crippen LogP contribution in [0.1, 0.15) is 30.6 Å². The molecule has 2 aliphatic rings. The van der Waals surface area contributed by atoms with E-state index in [9.17, 15) is 13.2 Å². The summed E-state index contributed by atoms with van der Waals surface area (Å²) in [6.07, 6.45) is 2.80. The zero-order chi connectivity index (χ0) is 22.0. The number of pyridine rings is 1. The van der Waals surface area contributed by atoms with E-state index in [4.69, 9.17) is 0 Å². The standard InChI is InChI=1S/C23H30N4O3S/c1-18-14-19(2)17-27(16-18)31(29,30)21-7-5-6-20(15-21)23(28)26-12-10-25(11-13-26)22-8-3-4-9-24-22/h3-9,15,18-19H,10-14,16-17H2,1-2H3. The van der Waals surface area contributed by atoms with Crippen LogP contribution in [0.3, 0.4) is 0 Å². The van der Waals surface area contributed by atoms with Gasteiger partial charge in [-0.25, -0.2) is 13.4 Å². The molecule has 2 unspecified atom stereocenters. The van der Waals surface area contributed by atoms with Crippen LogP contribution < -0.4 is 4.90 Å². The molecule has 3 heterocycles. The second kappa shape index (κ2) is 8.96. The molecule has 1 aromatic heterocycles. The summed E-state index contributed by atoms with van der Waals surface area (Å²) < 4.78 is 28.0. The van der Waals surface area contributed by atoms with Crippen LogP contribution in [-0.4, -0.2) is 67.8 Å². The molecule has 0 saturated carbocycles. The van der Waals surface area contributed by atoms with Crippen molar-refractivity contribution in [2.45, 2.75) is 25.2 Å². The zero-order valence-corrected chi connectivity index (χ0v) is 19.0. The van der Waals surface area contributed by atoms with Gasteiger partial charge in [0.2, 0.25) is 10.0 Å². The largest absolute Gasteiger partial charge is 0.353 e. The lowest BCUT2D eigenvalue weighted by molar-refractivity contribution is 0.0746. The number of piperidine rings is 1. The molecule has 1 aromatic carbocycles. The summed E-state index contributed by atoms with van der Waals surface area (Å²) >= 11 is 0. The lowest BCUT2D eigenvalue weighted by Crippen LogP contribution is -2.49. The van der Waals surface area contributed by atoms with Gasteiger partial charge in [-0.1, -0.05) is 26.0 Å². The Morgan fingerprint density at radius 1 is 0.968 bits per heavy atom. The number of hydrogen-bond donors (Lipinski definition) is 0. The van der Waals surface area contributed by atoms with Gasteiger partial charge in [0.05, 0.1) is 4.90 Å². The van der Waals surface area contributed by atoms with Crippen molar-refractivity contribution in [1.29, 1.82) is 0 Å². The van der Waals surface area contributed by atoms with E-state index in [0.717, 1.165) is 12.2 Å². The molecule has 0 radical (unpaired) electrons. The van der Waals surface area contributed by atoms with Crippen LogP contribution in [0.4, 0.5) is 5.82 Å². The number of carbonyl (C=O) groups excluding carboxylic acids is 1. The fraction of sp³-hybridized carbons (Fsp3) is 0.478. The molecule has 4 rings (SSSR count). The number of nitrogens with zero attached hydrogens (tertiary/aromatic N) is 4. The maximum Gasteiger partial charge on any atom is 0.254 e. The normalized spacial score (nSPS) is 23.0. The first-order valence-corrected chi connectivity index (χ1v) is 12.3. The number of carbonyl (C=O) groups is 1. The molecule has 31 heavy (non-hydrogen) atoms. The zero-order valence-electron chi connectivity index (χ0n) is 18.1. The molecule has 2 saturated heterocycles. The maximum absolute atomic E-state index is 13.2. The van der Waals surface area contributed by atoms with Crippen molar-refractivity contribution in [2.24, 2.45) is 11.8 Å². The number of anilines is 1. The smallest absolute Gasteiger partial charge is 0.254 e. The predicted octanol–water partition coefficient (Wildman–Crippen LogP) is 2.71. The van der Waals surface area contributed by atoms with Crippen LogP contribution in [0.25, 0.3) is 0 Å². The lowest BCUT2D eigenvalue weighted by Gasteiger charge is -2.35. The van der Waals surface area contributed by atoms with E-state index in [1.807, 2.05) is 18.2 Å². The molecule has 166 valence electrons. The molecule has 2 atom stereocenters. The van der Waals surface area contributed by atoms with E-state index < -0.39 is 10.0 Å². The Labute approximate surface area is 184 Å². The third-order valence-corrected chi connectivity index (χ3v) is 7.92. The number of aromatic nitrogens is 1.